The van der Waals surface area contributed by atoms with E-state index in [1.807, 2.05) is 3.11 Å². The molecule has 2 aromatic rings. The maximum absolute atomic E-state index is 14.9. The van der Waals surface area contributed by atoms with Crippen LogP contribution in [0.5, 0.6) is 0 Å². The highest BCUT2D eigenvalue weighted by Crippen LogP contribution is 2.42. The molecule has 0 aliphatic carbocycles. The number of carbonyl (C=O) groups excluding carboxylic acids is 1. The van der Waals surface area contributed by atoms with Gasteiger partial charge >= 0.3 is 5.69 Å². The molecule has 0 bridgehead atoms. The number of carbonyl (C=O) groups is 1. The normalized spacial score (nSPS) is 20.4. The fourth-order valence-electron chi connectivity index (χ4n) is 3.25. The Morgan fingerprint density at radius 2 is 2.04 bits per heavy atom. The number of benzene rings is 1. The van der Waals surface area contributed by atoms with Crippen LogP contribution < -0.4 is 15.9 Å². The number of nitrogens with zero attached hydrogens (tertiary/aromatic N) is 4. The summed E-state index contributed by atoms with van der Waals surface area (Å²) in [4.78, 5) is 31.0. The summed E-state index contributed by atoms with van der Waals surface area (Å²) < 4.78 is 18.1. The summed E-state index contributed by atoms with van der Waals surface area (Å²) in [5, 5.41) is 3.19. The van der Waals surface area contributed by atoms with Gasteiger partial charge in [-0.2, -0.15) is 4.98 Å². The third-order valence-corrected chi connectivity index (χ3v) is 6.75. The highest BCUT2D eigenvalue weighted by atomic mass is 127. The number of fused-ring (bicyclic) bond motifs is 2. The number of piperazine rings is 1. The van der Waals surface area contributed by atoms with Crippen LogP contribution in [0.3, 0.4) is 0 Å². The highest BCUT2D eigenvalue weighted by Gasteiger charge is 2.39. The minimum absolute atomic E-state index is 0.0317. The first kappa shape index (κ1) is 17.7. The molecule has 25 heavy (non-hydrogen) atoms. The second-order valence-corrected chi connectivity index (χ2v) is 8.63. The van der Waals surface area contributed by atoms with Gasteiger partial charge in [0, 0.05) is 48.1 Å². The van der Waals surface area contributed by atoms with Crippen molar-refractivity contribution < 1.29 is 9.18 Å². The molecule has 1 N–H and O–H groups in total. The van der Waals surface area contributed by atoms with Gasteiger partial charge in [-0.1, -0.05) is 11.6 Å². The maximum atomic E-state index is 14.9. The summed E-state index contributed by atoms with van der Waals surface area (Å²) in [7, 11) is 0. The fraction of sp³-hybridized carbons (Fsp3) is 0.357. The second-order valence-electron chi connectivity index (χ2n) is 5.92. The SMILES string of the molecule is Cc1c(F)c2c3c(nc(=O)n(I)c3c1Cl)N1CCN(I)CC1C(=O)N2. The molecular formula is C14H11ClFI2N5O2. The lowest BCUT2D eigenvalue weighted by Crippen LogP contribution is -2.55. The van der Waals surface area contributed by atoms with Crippen molar-refractivity contribution in [1.29, 1.82) is 0 Å². The molecular weight excluding hydrogens is 578 g/mol. The van der Waals surface area contributed by atoms with Gasteiger partial charge in [0.05, 0.1) is 44.5 Å². The van der Waals surface area contributed by atoms with Crippen LogP contribution in [0.2, 0.25) is 5.02 Å². The van der Waals surface area contributed by atoms with Crippen LogP contribution in [-0.2, 0) is 4.79 Å². The number of hydrogen-bond donors (Lipinski definition) is 1. The molecule has 1 aromatic carbocycles. The number of rotatable bonds is 0. The Hall–Kier alpha value is -0.730. The van der Waals surface area contributed by atoms with Gasteiger partial charge in [-0.3, -0.25) is 4.79 Å². The van der Waals surface area contributed by atoms with Crippen LogP contribution in [0.1, 0.15) is 5.56 Å². The Bertz CT molecular complexity index is 998. The number of amides is 1. The van der Waals surface area contributed by atoms with E-state index in [-0.39, 0.29) is 22.2 Å². The van der Waals surface area contributed by atoms with Gasteiger partial charge in [0.2, 0.25) is 5.91 Å². The Labute approximate surface area is 174 Å². The van der Waals surface area contributed by atoms with Crippen molar-refractivity contribution in [3.63, 3.8) is 0 Å². The van der Waals surface area contributed by atoms with E-state index in [2.05, 4.69) is 33.2 Å². The van der Waals surface area contributed by atoms with Crippen molar-refractivity contribution in [2.45, 2.75) is 13.0 Å². The van der Waals surface area contributed by atoms with Crippen molar-refractivity contribution in [2.24, 2.45) is 0 Å². The van der Waals surface area contributed by atoms with Gasteiger partial charge in [-0.05, 0) is 6.92 Å². The van der Waals surface area contributed by atoms with Crippen LogP contribution in [-0.4, -0.2) is 42.5 Å². The van der Waals surface area contributed by atoms with Crippen LogP contribution >= 0.6 is 57.3 Å². The molecule has 2 aliphatic rings. The monoisotopic (exact) mass is 589 g/mol. The van der Waals surface area contributed by atoms with E-state index in [9.17, 15) is 14.0 Å². The summed E-state index contributed by atoms with van der Waals surface area (Å²) in [6.45, 7) is 3.16. The molecule has 4 rings (SSSR count). The molecule has 7 nitrogen and oxygen atoms in total. The molecule has 11 heteroatoms. The number of aromatic nitrogens is 2. The molecule has 2 aliphatic heterocycles. The largest absolute Gasteiger partial charge is 0.359 e. The predicted octanol–water partition coefficient (Wildman–Crippen LogP) is 2.49. The molecule has 0 radical (unpaired) electrons. The fourth-order valence-corrected chi connectivity index (χ4v) is 4.83. The van der Waals surface area contributed by atoms with Crippen LogP contribution in [0.25, 0.3) is 10.9 Å². The summed E-state index contributed by atoms with van der Waals surface area (Å²) in [6, 6.07) is -0.559. The van der Waals surface area contributed by atoms with Crippen molar-refractivity contribution in [3.8, 4) is 0 Å². The quantitative estimate of drug-likeness (QED) is 0.378. The number of hydrogen-bond acceptors (Lipinski definition) is 5. The summed E-state index contributed by atoms with van der Waals surface area (Å²) >= 11 is 10.3. The zero-order valence-corrected chi connectivity index (χ0v) is 17.9. The molecule has 1 unspecified atom stereocenters. The third-order valence-electron chi connectivity index (χ3n) is 4.52. The molecule has 0 spiro atoms. The molecule has 1 saturated heterocycles. The molecule has 1 fully saturated rings. The lowest BCUT2D eigenvalue weighted by atomic mass is 10.1. The first-order valence-electron chi connectivity index (χ1n) is 7.40. The van der Waals surface area contributed by atoms with E-state index in [1.165, 1.54) is 9.70 Å². The van der Waals surface area contributed by atoms with E-state index in [1.54, 1.807) is 27.8 Å². The molecule has 1 aromatic heterocycles. The average Bonchev–Trinajstić information content (AvgIpc) is 2.69. The molecule has 0 saturated carbocycles. The third kappa shape index (κ3) is 2.55. The topological polar surface area (TPSA) is 70.5 Å². The van der Waals surface area contributed by atoms with Gasteiger partial charge < -0.3 is 10.2 Å². The Balaban J connectivity index is 2.15. The summed E-state index contributed by atoms with van der Waals surface area (Å²) in [5.74, 6) is -0.625. The van der Waals surface area contributed by atoms with Crippen LogP contribution in [0.15, 0.2) is 4.79 Å². The maximum Gasteiger partial charge on any atom is 0.359 e. The predicted molar refractivity (Wildman–Crippen MR) is 110 cm³/mol. The first-order chi connectivity index (χ1) is 11.8. The summed E-state index contributed by atoms with van der Waals surface area (Å²) in [5.41, 5.74) is 0.0713. The Morgan fingerprint density at radius 3 is 2.76 bits per heavy atom. The number of nitrogens with one attached hydrogen (secondary N) is 1. The standard InChI is InChI=1S/C14H11ClFI2N5O2/c1-5-8(15)11-7-10(9(5)16)19-13(24)6-4-21(17)2-3-22(6)12(7)20-14(25)23(11)18/h6H,2-4H2,1H3,(H,19,24). The zero-order chi connectivity index (χ0) is 18.0. The van der Waals surface area contributed by atoms with E-state index in [0.717, 1.165) is 0 Å². The number of halogens is 4. The second kappa shape index (κ2) is 6.16. The Morgan fingerprint density at radius 1 is 1.32 bits per heavy atom. The van der Waals surface area contributed by atoms with Gasteiger partial charge in [0.1, 0.15) is 11.9 Å². The zero-order valence-electron chi connectivity index (χ0n) is 12.8. The minimum Gasteiger partial charge on any atom is -0.341 e. The van der Waals surface area contributed by atoms with E-state index >= 15 is 0 Å². The van der Waals surface area contributed by atoms with Crippen molar-refractivity contribution >= 4 is 85.6 Å². The lowest BCUT2D eigenvalue weighted by molar-refractivity contribution is -0.117. The van der Waals surface area contributed by atoms with Crippen molar-refractivity contribution in [2.75, 3.05) is 29.9 Å². The lowest BCUT2D eigenvalue weighted by Gasteiger charge is -2.37. The minimum atomic E-state index is -0.602. The van der Waals surface area contributed by atoms with Crippen molar-refractivity contribution in [3.05, 3.63) is 26.9 Å². The van der Waals surface area contributed by atoms with Gasteiger partial charge in [-0.15, -0.1) is 0 Å². The van der Waals surface area contributed by atoms with Crippen LogP contribution in [0.4, 0.5) is 15.9 Å². The molecule has 132 valence electrons. The molecule has 1 amide bonds. The summed E-state index contributed by atoms with van der Waals surface area (Å²) in [6.07, 6.45) is 0. The first-order valence-corrected chi connectivity index (χ1v) is 9.70. The molecule has 1 atom stereocenters. The van der Waals surface area contributed by atoms with E-state index in [0.29, 0.717) is 36.4 Å². The van der Waals surface area contributed by atoms with E-state index in [4.69, 9.17) is 11.6 Å². The highest BCUT2D eigenvalue weighted by molar-refractivity contribution is 14.1. The van der Waals surface area contributed by atoms with Crippen molar-refractivity contribution in [1.82, 2.24) is 10.9 Å². The van der Waals surface area contributed by atoms with Gasteiger partial charge in [0.25, 0.3) is 0 Å². The smallest absolute Gasteiger partial charge is 0.341 e. The Kier molecular flexibility index (Phi) is 4.36. The molecule has 3 heterocycles. The number of anilines is 2. The average molecular weight is 590 g/mol. The van der Waals surface area contributed by atoms with Gasteiger partial charge in [-0.25, -0.2) is 15.1 Å². The van der Waals surface area contributed by atoms with E-state index < -0.39 is 17.5 Å². The van der Waals surface area contributed by atoms with Gasteiger partial charge in [0.15, 0.2) is 5.82 Å². The van der Waals surface area contributed by atoms with Crippen LogP contribution in [0, 0.1) is 12.7 Å².